The van der Waals surface area contributed by atoms with Crippen molar-refractivity contribution >= 4 is 44.6 Å². The van der Waals surface area contributed by atoms with Crippen molar-refractivity contribution in [1.29, 1.82) is 0 Å². The van der Waals surface area contributed by atoms with Crippen molar-refractivity contribution in [3.8, 4) is 0 Å². The normalized spacial score (nSPS) is 11.3. The first-order valence-corrected chi connectivity index (χ1v) is 7.87. The number of nitrogens with one attached hydrogen (secondary N) is 2. The second kappa shape index (κ2) is 7.48. The summed E-state index contributed by atoms with van der Waals surface area (Å²) in [5.74, 6) is 0. The van der Waals surface area contributed by atoms with Crippen LogP contribution in [0.4, 0.5) is 11.4 Å². The second-order valence-electron chi connectivity index (χ2n) is 4.47. The van der Waals surface area contributed by atoms with E-state index in [9.17, 15) is 0 Å². The van der Waals surface area contributed by atoms with E-state index in [1.165, 1.54) is 0 Å². The minimum Gasteiger partial charge on any atom is -0.388 e. The van der Waals surface area contributed by atoms with Crippen LogP contribution in [-0.2, 0) is 0 Å². The van der Waals surface area contributed by atoms with E-state index in [-0.39, 0.29) is 0 Å². The summed E-state index contributed by atoms with van der Waals surface area (Å²) in [6, 6.07) is 13.6. The van der Waals surface area contributed by atoms with Gasteiger partial charge in [0.1, 0.15) is 0 Å². The van der Waals surface area contributed by atoms with Crippen molar-refractivity contribution in [2.75, 3.05) is 17.8 Å². The molecule has 3 nitrogen and oxygen atoms in total. The van der Waals surface area contributed by atoms with Crippen LogP contribution in [0, 0.1) is 0 Å². The number of anilines is 2. The molecule has 110 valence electrons. The molecule has 2 N–H and O–H groups in total. The third-order valence-electron chi connectivity index (χ3n) is 3.06. The van der Waals surface area contributed by atoms with Gasteiger partial charge in [-0.15, -0.1) is 0 Å². The summed E-state index contributed by atoms with van der Waals surface area (Å²) in [6.07, 6.45) is 0.804. The molecule has 0 radical (unpaired) electrons. The fourth-order valence-electron chi connectivity index (χ4n) is 1.96. The van der Waals surface area contributed by atoms with Gasteiger partial charge in [-0.3, -0.25) is 5.43 Å². The van der Waals surface area contributed by atoms with Crippen LogP contribution < -0.4 is 10.7 Å². The number of rotatable bonds is 5. The van der Waals surface area contributed by atoms with Gasteiger partial charge in [-0.1, -0.05) is 34.5 Å². The fraction of sp³-hybridized carbons (Fsp3) is 0.188. The average Bonchev–Trinajstić information content (AvgIpc) is 2.50. The van der Waals surface area contributed by atoms with Gasteiger partial charge in [-0.25, -0.2) is 0 Å². The lowest BCUT2D eigenvalue weighted by Gasteiger charge is -2.11. The van der Waals surface area contributed by atoms with E-state index in [4.69, 9.17) is 11.6 Å². The largest absolute Gasteiger partial charge is 0.388 e. The molecule has 0 bridgehead atoms. The number of nitrogens with zero attached hydrogens (tertiary/aromatic N) is 1. The molecule has 0 saturated carbocycles. The van der Waals surface area contributed by atoms with Crippen molar-refractivity contribution in [3.63, 3.8) is 0 Å². The Hall–Kier alpha value is -1.52. The quantitative estimate of drug-likeness (QED) is 0.551. The van der Waals surface area contributed by atoms with Crippen LogP contribution in [0.5, 0.6) is 0 Å². The average molecular weight is 367 g/mol. The van der Waals surface area contributed by atoms with Crippen molar-refractivity contribution in [2.45, 2.75) is 13.3 Å². The van der Waals surface area contributed by atoms with Gasteiger partial charge in [-0.05, 0) is 48.9 Å². The summed E-state index contributed by atoms with van der Waals surface area (Å²) in [5, 5.41) is 8.39. The van der Waals surface area contributed by atoms with E-state index in [1.54, 1.807) is 0 Å². The Bertz CT molecular complexity index is 638. The molecule has 0 aromatic heterocycles. The zero-order valence-corrected chi connectivity index (χ0v) is 14.3. The molecule has 0 atom stereocenters. The molecule has 0 unspecified atom stereocenters. The third-order valence-corrected chi connectivity index (χ3v) is 3.82. The molecule has 21 heavy (non-hydrogen) atoms. The highest BCUT2D eigenvalue weighted by Crippen LogP contribution is 2.22. The van der Waals surface area contributed by atoms with E-state index in [2.05, 4.69) is 38.7 Å². The minimum absolute atomic E-state index is 0.703. The lowest BCUT2D eigenvalue weighted by molar-refractivity contribution is 1.22. The maximum absolute atomic E-state index is 6.10. The fourth-order valence-corrected chi connectivity index (χ4v) is 2.40. The van der Waals surface area contributed by atoms with Crippen LogP contribution in [0.2, 0.25) is 5.02 Å². The predicted octanol–water partition coefficient (Wildman–Crippen LogP) is 5.37. The standard InChI is InChI=1S/C16H17BrClN3/c1-3-15(14-10-12(18)6-9-16(14)19-2)21-20-13-7-4-11(17)5-8-13/h4-10,19-20H,3H2,1-2H3/b21-15+. The first-order chi connectivity index (χ1) is 10.1. The Morgan fingerprint density at radius 3 is 2.52 bits per heavy atom. The van der Waals surface area contributed by atoms with Gasteiger partial charge in [0.25, 0.3) is 0 Å². The summed E-state index contributed by atoms with van der Waals surface area (Å²) in [7, 11) is 1.89. The van der Waals surface area contributed by atoms with E-state index < -0.39 is 0 Å². The summed E-state index contributed by atoms with van der Waals surface area (Å²) in [4.78, 5) is 0. The molecule has 5 heteroatoms. The van der Waals surface area contributed by atoms with Crippen LogP contribution in [0.15, 0.2) is 52.0 Å². The van der Waals surface area contributed by atoms with Gasteiger partial charge in [0, 0.05) is 27.8 Å². The Morgan fingerprint density at radius 1 is 1.19 bits per heavy atom. The Morgan fingerprint density at radius 2 is 1.90 bits per heavy atom. The maximum Gasteiger partial charge on any atom is 0.0697 e. The van der Waals surface area contributed by atoms with Gasteiger partial charge in [0.2, 0.25) is 0 Å². The number of hydrogen-bond donors (Lipinski definition) is 2. The first-order valence-electron chi connectivity index (χ1n) is 6.70. The number of hydrazone groups is 1. The van der Waals surface area contributed by atoms with Gasteiger partial charge >= 0.3 is 0 Å². The van der Waals surface area contributed by atoms with Crippen molar-refractivity contribution in [1.82, 2.24) is 0 Å². The molecular weight excluding hydrogens is 350 g/mol. The second-order valence-corrected chi connectivity index (χ2v) is 5.82. The van der Waals surface area contributed by atoms with Crippen molar-refractivity contribution < 1.29 is 0 Å². The minimum atomic E-state index is 0.703. The van der Waals surface area contributed by atoms with E-state index in [0.717, 1.165) is 33.5 Å². The monoisotopic (exact) mass is 365 g/mol. The smallest absolute Gasteiger partial charge is 0.0697 e. The van der Waals surface area contributed by atoms with Gasteiger partial charge in [0.05, 0.1) is 11.4 Å². The molecule has 0 saturated heterocycles. The van der Waals surface area contributed by atoms with Crippen LogP contribution in [0.3, 0.4) is 0 Å². The van der Waals surface area contributed by atoms with Crippen molar-refractivity contribution in [2.24, 2.45) is 5.10 Å². The van der Waals surface area contributed by atoms with Crippen LogP contribution >= 0.6 is 27.5 Å². The molecular formula is C16H17BrClN3. The highest BCUT2D eigenvalue weighted by atomic mass is 79.9. The Balaban J connectivity index is 2.28. The predicted molar refractivity (Wildman–Crippen MR) is 95.6 cm³/mol. The summed E-state index contributed by atoms with van der Waals surface area (Å²) < 4.78 is 1.04. The Labute approximate surface area is 138 Å². The summed E-state index contributed by atoms with van der Waals surface area (Å²) in [5.41, 5.74) is 7.00. The van der Waals surface area contributed by atoms with E-state index in [0.29, 0.717) is 5.02 Å². The highest BCUT2D eigenvalue weighted by molar-refractivity contribution is 9.10. The molecule has 0 aliphatic heterocycles. The third kappa shape index (κ3) is 4.22. The zero-order valence-electron chi connectivity index (χ0n) is 12.0. The summed E-state index contributed by atoms with van der Waals surface area (Å²) >= 11 is 9.52. The van der Waals surface area contributed by atoms with Crippen LogP contribution in [0.25, 0.3) is 0 Å². The van der Waals surface area contributed by atoms with Crippen LogP contribution in [-0.4, -0.2) is 12.8 Å². The first kappa shape index (κ1) is 15.9. The maximum atomic E-state index is 6.10. The number of hydrogen-bond acceptors (Lipinski definition) is 3. The molecule has 2 aromatic carbocycles. The van der Waals surface area contributed by atoms with Gasteiger partial charge in [-0.2, -0.15) is 5.10 Å². The van der Waals surface area contributed by atoms with E-state index in [1.807, 2.05) is 49.5 Å². The molecule has 0 amide bonds. The zero-order chi connectivity index (χ0) is 15.2. The molecule has 0 spiro atoms. The van der Waals surface area contributed by atoms with Crippen molar-refractivity contribution in [3.05, 3.63) is 57.5 Å². The molecule has 0 fully saturated rings. The number of benzene rings is 2. The lowest BCUT2D eigenvalue weighted by atomic mass is 10.1. The molecule has 0 aliphatic rings. The SMILES string of the molecule is CC/C(=N\Nc1ccc(Br)cc1)c1cc(Cl)ccc1NC. The van der Waals surface area contributed by atoms with Gasteiger partial charge < -0.3 is 5.32 Å². The molecule has 0 aliphatic carbocycles. The molecule has 2 rings (SSSR count). The Kier molecular flexibility index (Phi) is 5.65. The molecule has 2 aromatic rings. The van der Waals surface area contributed by atoms with Crippen LogP contribution in [0.1, 0.15) is 18.9 Å². The lowest BCUT2D eigenvalue weighted by Crippen LogP contribution is -2.07. The number of halogens is 2. The summed E-state index contributed by atoms with van der Waals surface area (Å²) in [6.45, 7) is 2.07. The molecule has 0 heterocycles. The van der Waals surface area contributed by atoms with Gasteiger partial charge in [0.15, 0.2) is 0 Å². The highest BCUT2D eigenvalue weighted by Gasteiger charge is 2.08. The van der Waals surface area contributed by atoms with E-state index >= 15 is 0 Å². The topological polar surface area (TPSA) is 36.4 Å².